The summed E-state index contributed by atoms with van der Waals surface area (Å²) in [5.74, 6) is 0. The Labute approximate surface area is 92.3 Å². The van der Waals surface area contributed by atoms with Crippen molar-refractivity contribution in [3.63, 3.8) is 0 Å². The van der Waals surface area contributed by atoms with E-state index in [1.807, 2.05) is 12.1 Å². The first-order chi connectivity index (χ1) is 7.26. The summed E-state index contributed by atoms with van der Waals surface area (Å²) >= 11 is 0. The van der Waals surface area contributed by atoms with Crippen LogP contribution >= 0.6 is 0 Å². The van der Waals surface area contributed by atoms with Crippen molar-refractivity contribution >= 4 is 5.69 Å². The Morgan fingerprint density at radius 2 is 2.20 bits per heavy atom. The molecule has 0 radical (unpaired) electrons. The van der Waals surface area contributed by atoms with Gasteiger partial charge in [0.2, 0.25) is 0 Å². The molecule has 0 aliphatic rings. The van der Waals surface area contributed by atoms with Gasteiger partial charge in [0.15, 0.2) is 0 Å². The highest BCUT2D eigenvalue weighted by atomic mass is 15.1. The van der Waals surface area contributed by atoms with Crippen molar-refractivity contribution in [1.82, 2.24) is 4.90 Å². The van der Waals surface area contributed by atoms with E-state index in [4.69, 9.17) is 5.73 Å². The molecule has 3 N–H and O–H groups in total. The molecule has 84 valence electrons. The van der Waals surface area contributed by atoms with Crippen LogP contribution in [-0.2, 0) is 6.54 Å². The van der Waals surface area contributed by atoms with Crippen LogP contribution in [0.2, 0.25) is 0 Å². The third-order valence-corrected chi connectivity index (χ3v) is 2.53. The highest BCUT2D eigenvalue weighted by Crippen LogP contribution is 2.09. The van der Waals surface area contributed by atoms with Gasteiger partial charge in [0, 0.05) is 25.3 Å². The number of benzene rings is 1. The molecule has 3 nitrogen and oxygen atoms in total. The number of nitrogens with one attached hydrogen (secondary N) is 1. The second kappa shape index (κ2) is 6.43. The molecule has 1 rings (SSSR count). The number of likely N-dealkylation sites (N-methyl/N-ethyl adjacent to an activating group) is 1. The van der Waals surface area contributed by atoms with Crippen LogP contribution in [0, 0.1) is 0 Å². The highest BCUT2D eigenvalue weighted by molar-refractivity contribution is 5.45. The van der Waals surface area contributed by atoms with E-state index in [1.165, 1.54) is 5.56 Å². The summed E-state index contributed by atoms with van der Waals surface area (Å²) in [6.07, 6.45) is 0. The summed E-state index contributed by atoms with van der Waals surface area (Å²) in [6, 6.07) is 8.26. The van der Waals surface area contributed by atoms with Crippen LogP contribution in [0.1, 0.15) is 12.5 Å². The molecule has 0 bridgehead atoms. The fourth-order valence-corrected chi connectivity index (χ4v) is 1.36. The van der Waals surface area contributed by atoms with Crippen LogP contribution in [0.25, 0.3) is 0 Å². The predicted octanol–water partition coefficient (Wildman–Crippen LogP) is 1.51. The molecule has 0 amide bonds. The lowest BCUT2D eigenvalue weighted by Gasteiger charge is -2.14. The van der Waals surface area contributed by atoms with Gasteiger partial charge in [0.05, 0.1) is 0 Å². The lowest BCUT2D eigenvalue weighted by Crippen LogP contribution is -2.24. The Bertz CT molecular complexity index is 286. The molecular formula is C12H21N3. The van der Waals surface area contributed by atoms with Gasteiger partial charge in [-0.1, -0.05) is 19.1 Å². The molecule has 0 aromatic heterocycles. The molecule has 0 aliphatic carbocycles. The number of nitrogens with zero attached hydrogens (tertiary/aromatic N) is 1. The maximum Gasteiger partial charge on any atom is 0.0343 e. The van der Waals surface area contributed by atoms with Gasteiger partial charge in [0.25, 0.3) is 0 Å². The van der Waals surface area contributed by atoms with E-state index < -0.39 is 0 Å². The number of nitrogens with two attached hydrogens (primary N) is 1. The Morgan fingerprint density at radius 1 is 1.40 bits per heavy atom. The van der Waals surface area contributed by atoms with Gasteiger partial charge in [-0.2, -0.15) is 0 Å². The molecule has 0 spiro atoms. The van der Waals surface area contributed by atoms with Gasteiger partial charge >= 0.3 is 0 Å². The summed E-state index contributed by atoms with van der Waals surface area (Å²) in [4.78, 5) is 2.28. The van der Waals surface area contributed by atoms with E-state index >= 15 is 0 Å². The van der Waals surface area contributed by atoms with Crippen LogP contribution in [-0.4, -0.2) is 31.6 Å². The summed E-state index contributed by atoms with van der Waals surface area (Å²) < 4.78 is 0. The Balaban J connectivity index is 2.37. The second-order valence-corrected chi connectivity index (χ2v) is 3.73. The van der Waals surface area contributed by atoms with Crippen molar-refractivity contribution in [3.05, 3.63) is 29.8 Å². The Hall–Kier alpha value is -1.06. The number of anilines is 1. The van der Waals surface area contributed by atoms with E-state index in [1.54, 1.807) is 0 Å². The minimum Gasteiger partial charge on any atom is -0.384 e. The second-order valence-electron chi connectivity index (χ2n) is 3.73. The summed E-state index contributed by atoms with van der Waals surface area (Å²) in [7, 11) is 2.12. The van der Waals surface area contributed by atoms with Crippen molar-refractivity contribution < 1.29 is 0 Å². The molecule has 0 aliphatic heterocycles. The first-order valence-corrected chi connectivity index (χ1v) is 5.47. The summed E-state index contributed by atoms with van der Waals surface area (Å²) in [6.45, 7) is 5.88. The minimum absolute atomic E-state index is 0.602. The Kier molecular flexibility index (Phi) is 5.15. The zero-order chi connectivity index (χ0) is 11.1. The number of hydrogen-bond acceptors (Lipinski definition) is 3. The van der Waals surface area contributed by atoms with E-state index in [0.29, 0.717) is 6.54 Å². The largest absolute Gasteiger partial charge is 0.384 e. The standard InChI is InChI=1S/C12H21N3/c1-3-15(2)8-7-14-12-6-4-5-11(9-12)10-13/h4-6,9,14H,3,7-8,10,13H2,1-2H3. The lowest BCUT2D eigenvalue weighted by atomic mass is 10.2. The monoisotopic (exact) mass is 207 g/mol. The first kappa shape index (κ1) is 12.0. The molecule has 1 aromatic carbocycles. The average molecular weight is 207 g/mol. The van der Waals surface area contributed by atoms with Crippen LogP contribution in [0.3, 0.4) is 0 Å². The smallest absolute Gasteiger partial charge is 0.0343 e. The zero-order valence-electron chi connectivity index (χ0n) is 9.66. The van der Waals surface area contributed by atoms with Crippen LogP contribution in [0.15, 0.2) is 24.3 Å². The van der Waals surface area contributed by atoms with Gasteiger partial charge in [-0.15, -0.1) is 0 Å². The van der Waals surface area contributed by atoms with Gasteiger partial charge in [-0.3, -0.25) is 0 Å². The fraction of sp³-hybridized carbons (Fsp3) is 0.500. The Morgan fingerprint density at radius 3 is 2.87 bits per heavy atom. The van der Waals surface area contributed by atoms with E-state index in [2.05, 4.69) is 36.3 Å². The molecule has 0 fully saturated rings. The minimum atomic E-state index is 0.602. The molecular weight excluding hydrogens is 186 g/mol. The van der Waals surface area contributed by atoms with E-state index in [-0.39, 0.29) is 0 Å². The maximum atomic E-state index is 5.58. The SMILES string of the molecule is CCN(C)CCNc1cccc(CN)c1. The number of hydrogen-bond donors (Lipinski definition) is 2. The zero-order valence-corrected chi connectivity index (χ0v) is 9.66. The lowest BCUT2D eigenvalue weighted by molar-refractivity contribution is 0.367. The molecule has 0 unspecified atom stereocenters. The fourth-order valence-electron chi connectivity index (χ4n) is 1.36. The van der Waals surface area contributed by atoms with Crippen molar-refractivity contribution in [3.8, 4) is 0 Å². The van der Waals surface area contributed by atoms with Gasteiger partial charge in [-0.25, -0.2) is 0 Å². The third-order valence-electron chi connectivity index (χ3n) is 2.53. The van der Waals surface area contributed by atoms with Crippen LogP contribution in [0.4, 0.5) is 5.69 Å². The topological polar surface area (TPSA) is 41.3 Å². The molecule has 0 heterocycles. The van der Waals surface area contributed by atoms with E-state index in [0.717, 1.165) is 25.3 Å². The van der Waals surface area contributed by atoms with Crippen molar-refractivity contribution in [2.24, 2.45) is 5.73 Å². The molecule has 15 heavy (non-hydrogen) atoms. The molecule has 0 atom stereocenters. The van der Waals surface area contributed by atoms with Gasteiger partial charge in [0.1, 0.15) is 0 Å². The normalized spacial score (nSPS) is 10.7. The summed E-state index contributed by atoms with van der Waals surface area (Å²) in [5, 5.41) is 3.39. The van der Waals surface area contributed by atoms with Crippen LogP contribution in [0.5, 0.6) is 0 Å². The van der Waals surface area contributed by atoms with Crippen molar-refractivity contribution in [2.75, 3.05) is 32.0 Å². The molecule has 3 heteroatoms. The maximum absolute atomic E-state index is 5.58. The third kappa shape index (κ3) is 4.32. The molecule has 1 aromatic rings. The van der Waals surface area contributed by atoms with Gasteiger partial charge < -0.3 is 16.0 Å². The van der Waals surface area contributed by atoms with Gasteiger partial charge in [-0.05, 0) is 31.3 Å². The first-order valence-electron chi connectivity index (χ1n) is 5.47. The van der Waals surface area contributed by atoms with Crippen LogP contribution < -0.4 is 11.1 Å². The van der Waals surface area contributed by atoms with Crippen molar-refractivity contribution in [1.29, 1.82) is 0 Å². The highest BCUT2D eigenvalue weighted by Gasteiger charge is 1.95. The van der Waals surface area contributed by atoms with E-state index in [9.17, 15) is 0 Å². The average Bonchev–Trinajstić information content (AvgIpc) is 2.29. The molecule has 0 saturated heterocycles. The summed E-state index contributed by atoms with van der Waals surface area (Å²) in [5.41, 5.74) is 7.91. The van der Waals surface area contributed by atoms with Crippen molar-refractivity contribution in [2.45, 2.75) is 13.5 Å². The molecule has 0 saturated carbocycles. The number of rotatable bonds is 6. The quantitative estimate of drug-likeness (QED) is 0.743. The predicted molar refractivity (Wildman–Crippen MR) is 66.0 cm³/mol.